The molecule has 120 valence electrons. The van der Waals surface area contributed by atoms with Gasteiger partial charge in [-0.25, -0.2) is 10.1 Å². The molecule has 6 nitrogen and oxygen atoms in total. The molecule has 1 amide bonds. The summed E-state index contributed by atoms with van der Waals surface area (Å²) in [5.41, 5.74) is 4.02. The maximum Gasteiger partial charge on any atom is 0.292 e. The molecule has 0 bridgehead atoms. The van der Waals surface area contributed by atoms with Crippen molar-refractivity contribution in [2.24, 2.45) is 12.1 Å². The van der Waals surface area contributed by atoms with Crippen LogP contribution in [-0.2, 0) is 7.05 Å². The van der Waals surface area contributed by atoms with Crippen LogP contribution in [0.25, 0.3) is 10.8 Å². The predicted octanol–water partition coefficient (Wildman–Crippen LogP) is 2.09. The highest BCUT2D eigenvalue weighted by Crippen LogP contribution is 2.12. The Morgan fingerprint density at radius 1 is 1.04 bits per heavy atom. The number of nitrogens with one attached hydrogen (secondary N) is 1. The van der Waals surface area contributed by atoms with Crippen LogP contribution in [0.2, 0.25) is 0 Å². The molecule has 1 aromatic heterocycles. The summed E-state index contributed by atoms with van der Waals surface area (Å²) in [6.07, 6.45) is 0. The van der Waals surface area contributed by atoms with E-state index in [4.69, 9.17) is 0 Å². The summed E-state index contributed by atoms with van der Waals surface area (Å²) in [5.74, 6) is -0.461. The minimum Gasteiger partial charge on any atom is -0.267 e. The van der Waals surface area contributed by atoms with Crippen molar-refractivity contribution in [3.63, 3.8) is 0 Å². The highest BCUT2D eigenvalue weighted by molar-refractivity contribution is 6.06. The number of amides is 1. The molecule has 0 atom stereocenters. The Balaban J connectivity index is 1.95. The van der Waals surface area contributed by atoms with E-state index in [9.17, 15) is 9.59 Å². The molecule has 0 fully saturated rings. The number of rotatable bonds is 3. The Labute approximate surface area is 138 Å². The fourth-order valence-electron chi connectivity index (χ4n) is 2.40. The number of fused-ring (bicyclic) bond motifs is 1. The number of hydrazone groups is 1. The van der Waals surface area contributed by atoms with Crippen molar-refractivity contribution in [2.45, 2.75) is 6.92 Å². The number of nitrogens with zero attached hydrogens (tertiary/aromatic N) is 3. The van der Waals surface area contributed by atoms with Crippen molar-refractivity contribution < 1.29 is 4.79 Å². The van der Waals surface area contributed by atoms with Gasteiger partial charge < -0.3 is 0 Å². The summed E-state index contributed by atoms with van der Waals surface area (Å²) in [6.45, 7) is 1.81. The van der Waals surface area contributed by atoms with Gasteiger partial charge in [0.25, 0.3) is 11.5 Å². The van der Waals surface area contributed by atoms with Gasteiger partial charge in [0.2, 0.25) is 0 Å². The van der Waals surface area contributed by atoms with Gasteiger partial charge in [0.1, 0.15) is 0 Å². The number of carbonyl (C=O) groups excluding carboxylic acids is 1. The first-order valence-electron chi connectivity index (χ1n) is 7.44. The average Bonchev–Trinajstić information content (AvgIpc) is 2.63. The standard InChI is InChI=1S/C18H16N4O2/c1-12(13-8-4-3-5-9-13)19-20-17(23)16-14-10-6-7-11-15(14)18(24)22(2)21-16/h3-11H,1-2H3,(H,20,23)/b19-12+. The third-order valence-electron chi connectivity index (χ3n) is 3.69. The Hall–Kier alpha value is -3.28. The number of aromatic nitrogens is 2. The molecule has 0 saturated carbocycles. The number of hydrogen-bond donors (Lipinski definition) is 1. The molecular formula is C18H16N4O2. The summed E-state index contributed by atoms with van der Waals surface area (Å²) >= 11 is 0. The van der Waals surface area contributed by atoms with Gasteiger partial charge in [-0.05, 0) is 18.6 Å². The van der Waals surface area contributed by atoms with E-state index in [1.165, 1.54) is 7.05 Å². The van der Waals surface area contributed by atoms with Gasteiger partial charge in [-0.1, -0.05) is 48.5 Å². The zero-order chi connectivity index (χ0) is 17.1. The summed E-state index contributed by atoms with van der Waals surface area (Å²) in [5, 5.41) is 9.15. The van der Waals surface area contributed by atoms with Crippen molar-refractivity contribution >= 4 is 22.4 Å². The second-order valence-electron chi connectivity index (χ2n) is 5.33. The zero-order valence-corrected chi connectivity index (χ0v) is 13.4. The Bertz CT molecular complexity index is 991. The molecular weight excluding hydrogens is 304 g/mol. The van der Waals surface area contributed by atoms with Crippen molar-refractivity contribution in [3.8, 4) is 0 Å². The number of hydrogen-bond acceptors (Lipinski definition) is 4. The lowest BCUT2D eigenvalue weighted by Gasteiger charge is -2.07. The van der Waals surface area contributed by atoms with Crippen LogP contribution in [0.15, 0.2) is 64.5 Å². The quantitative estimate of drug-likeness (QED) is 0.593. The van der Waals surface area contributed by atoms with E-state index in [2.05, 4.69) is 15.6 Å². The monoisotopic (exact) mass is 320 g/mol. The van der Waals surface area contributed by atoms with Gasteiger partial charge in [0.05, 0.1) is 11.1 Å². The number of aryl methyl sites for hydroxylation is 1. The molecule has 0 unspecified atom stereocenters. The molecule has 1 heterocycles. The first kappa shape index (κ1) is 15.6. The van der Waals surface area contributed by atoms with E-state index in [1.54, 1.807) is 24.3 Å². The highest BCUT2D eigenvalue weighted by Gasteiger charge is 2.15. The van der Waals surface area contributed by atoms with Crippen LogP contribution in [0.1, 0.15) is 23.0 Å². The molecule has 0 aliphatic carbocycles. The topological polar surface area (TPSA) is 76.3 Å². The molecule has 2 aromatic carbocycles. The van der Waals surface area contributed by atoms with Gasteiger partial charge in [-0.2, -0.15) is 10.2 Å². The molecule has 3 aromatic rings. The Morgan fingerprint density at radius 3 is 2.38 bits per heavy atom. The van der Waals surface area contributed by atoms with E-state index in [1.807, 2.05) is 37.3 Å². The lowest BCUT2D eigenvalue weighted by Crippen LogP contribution is -2.27. The maximum atomic E-state index is 12.5. The Morgan fingerprint density at radius 2 is 1.67 bits per heavy atom. The van der Waals surface area contributed by atoms with Crippen LogP contribution in [-0.4, -0.2) is 21.4 Å². The molecule has 0 radical (unpaired) electrons. The van der Waals surface area contributed by atoms with Gasteiger partial charge in [-0.15, -0.1) is 0 Å². The molecule has 0 aliphatic rings. The second kappa shape index (κ2) is 6.45. The van der Waals surface area contributed by atoms with Crippen LogP contribution >= 0.6 is 0 Å². The first-order chi connectivity index (χ1) is 11.6. The molecule has 24 heavy (non-hydrogen) atoms. The van der Waals surface area contributed by atoms with Crippen molar-refractivity contribution in [3.05, 3.63) is 76.2 Å². The van der Waals surface area contributed by atoms with Gasteiger partial charge in [0.15, 0.2) is 5.69 Å². The summed E-state index contributed by atoms with van der Waals surface area (Å²) < 4.78 is 1.16. The first-order valence-corrected chi connectivity index (χ1v) is 7.44. The molecule has 0 saturated heterocycles. The summed E-state index contributed by atoms with van der Waals surface area (Å²) in [6, 6.07) is 16.4. The molecule has 0 aliphatic heterocycles. The zero-order valence-electron chi connectivity index (χ0n) is 13.4. The fourth-order valence-corrected chi connectivity index (χ4v) is 2.40. The fraction of sp³-hybridized carbons (Fsp3) is 0.111. The highest BCUT2D eigenvalue weighted by atomic mass is 16.2. The minimum absolute atomic E-state index is 0.164. The van der Waals surface area contributed by atoms with E-state index in [-0.39, 0.29) is 11.3 Å². The smallest absolute Gasteiger partial charge is 0.267 e. The van der Waals surface area contributed by atoms with E-state index in [0.29, 0.717) is 16.5 Å². The van der Waals surface area contributed by atoms with E-state index in [0.717, 1.165) is 10.2 Å². The van der Waals surface area contributed by atoms with Gasteiger partial charge >= 0.3 is 0 Å². The minimum atomic E-state index is -0.461. The van der Waals surface area contributed by atoms with Gasteiger partial charge in [0, 0.05) is 12.4 Å². The third-order valence-corrected chi connectivity index (χ3v) is 3.69. The van der Waals surface area contributed by atoms with Crippen molar-refractivity contribution in [1.29, 1.82) is 0 Å². The SMILES string of the molecule is C/C(=N\NC(=O)c1nn(C)c(=O)c2ccccc12)c1ccccc1. The lowest BCUT2D eigenvalue weighted by atomic mass is 10.1. The Kier molecular flexibility index (Phi) is 4.20. The van der Waals surface area contributed by atoms with Crippen LogP contribution in [0.5, 0.6) is 0 Å². The number of benzene rings is 2. The van der Waals surface area contributed by atoms with Gasteiger partial charge in [-0.3, -0.25) is 9.59 Å². The van der Waals surface area contributed by atoms with Crippen LogP contribution in [0.4, 0.5) is 0 Å². The molecule has 3 rings (SSSR count). The number of carbonyl (C=O) groups is 1. The summed E-state index contributed by atoms with van der Waals surface area (Å²) in [4.78, 5) is 24.6. The lowest BCUT2D eigenvalue weighted by molar-refractivity contribution is 0.0949. The summed E-state index contributed by atoms with van der Waals surface area (Å²) in [7, 11) is 1.52. The normalized spacial score (nSPS) is 11.5. The third kappa shape index (κ3) is 2.94. The molecule has 6 heteroatoms. The van der Waals surface area contributed by atoms with E-state index >= 15 is 0 Å². The van der Waals surface area contributed by atoms with Crippen LogP contribution in [0, 0.1) is 0 Å². The van der Waals surface area contributed by atoms with Crippen LogP contribution in [0.3, 0.4) is 0 Å². The average molecular weight is 320 g/mol. The second-order valence-corrected chi connectivity index (χ2v) is 5.33. The molecule has 0 spiro atoms. The van der Waals surface area contributed by atoms with Crippen molar-refractivity contribution in [2.75, 3.05) is 0 Å². The van der Waals surface area contributed by atoms with E-state index < -0.39 is 5.91 Å². The predicted molar refractivity (Wildman–Crippen MR) is 93.1 cm³/mol. The largest absolute Gasteiger partial charge is 0.292 e. The molecule has 1 N–H and O–H groups in total. The van der Waals surface area contributed by atoms with Crippen molar-refractivity contribution in [1.82, 2.24) is 15.2 Å². The maximum absolute atomic E-state index is 12.5. The van der Waals surface area contributed by atoms with Crippen LogP contribution < -0.4 is 11.0 Å².